The zero-order chi connectivity index (χ0) is 15.2. The predicted molar refractivity (Wildman–Crippen MR) is 85.3 cm³/mol. The summed E-state index contributed by atoms with van der Waals surface area (Å²) >= 11 is 3.24. The molecule has 2 rings (SSSR count). The Bertz CT molecular complexity index is 651. The van der Waals surface area contributed by atoms with E-state index in [0.29, 0.717) is 22.0 Å². The van der Waals surface area contributed by atoms with Gasteiger partial charge in [-0.2, -0.15) is 0 Å². The first-order chi connectivity index (χ1) is 10.1. The number of ether oxygens (including phenoxy) is 1. The van der Waals surface area contributed by atoms with Crippen molar-refractivity contribution in [2.45, 2.75) is 13.0 Å². The summed E-state index contributed by atoms with van der Waals surface area (Å²) in [5.41, 5.74) is 1.78. The van der Waals surface area contributed by atoms with Crippen molar-refractivity contribution in [1.29, 1.82) is 0 Å². The highest BCUT2D eigenvalue weighted by Gasteiger charge is 2.17. The van der Waals surface area contributed by atoms with Gasteiger partial charge in [-0.05, 0) is 40.0 Å². The maximum Gasteiger partial charge on any atom is 0.338 e. The van der Waals surface area contributed by atoms with Crippen LogP contribution in [0.2, 0.25) is 0 Å². The molecule has 0 aliphatic rings. The van der Waals surface area contributed by atoms with Gasteiger partial charge in [0.15, 0.2) is 0 Å². The first-order valence-corrected chi connectivity index (χ1v) is 7.25. The molecule has 4 heteroatoms. The van der Waals surface area contributed by atoms with Crippen LogP contribution in [0.1, 0.15) is 21.5 Å². The molecule has 0 aromatic heterocycles. The molecule has 1 N–H and O–H groups in total. The van der Waals surface area contributed by atoms with Gasteiger partial charge in [0.2, 0.25) is 0 Å². The molecule has 0 radical (unpaired) electrons. The monoisotopic (exact) mass is 346 g/mol. The molecule has 0 heterocycles. The van der Waals surface area contributed by atoms with Gasteiger partial charge in [-0.15, -0.1) is 6.58 Å². The van der Waals surface area contributed by atoms with Gasteiger partial charge in [-0.1, -0.05) is 36.4 Å². The van der Waals surface area contributed by atoms with E-state index in [1.54, 1.807) is 18.2 Å². The van der Waals surface area contributed by atoms with E-state index < -0.39 is 5.97 Å². The lowest BCUT2D eigenvalue weighted by Crippen LogP contribution is -2.08. The Hall–Kier alpha value is -2.07. The second-order valence-electron chi connectivity index (χ2n) is 4.48. The minimum absolute atomic E-state index is 0.0454. The van der Waals surface area contributed by atoms with E-state index in [0.717, 1.165) is 5.56 Å². The summed E-state index contributed by atoms with van der Waals surface area (Å²) in [6, 6.07) is 12.7. The van der Waals surface area contributed by atoms with Crippen molar-refractivity contribution in [1.82, 2.24) is 0 Å². The average Bonchev–Trinajstić information content (AvgIpc) is 2.51. The van der Waals surface area contributed by atoms with Crippen molar-refractivity contribution in [3.63, 3.8) is 0 Å². The maximum absolute atomic E-state index is 12.2. The SMILES string of the molecule is C=CCc1c(C(=O)OCc2ccccc2)ccc(Br)c1O. The van der Waals surface area contributed by atoms with E-state index in [2.05, 4.69) is 22.5 Å². The largest absolute Gasteiger partial charge is 0.506 e. The molecule has 0 fully saturated rings. The van der Waals surface area contributed by atoms with Crippen molar-refractivity contribution >= 4 is 21.9 Å². The molecule has 0 unspecified atom stereocenters. The van der Waals surface area contributed by atoms with Crippen LogP contribution in [0.4, 0.5) is 0 Å². The maximum atomic E-state index is 12.2. The molecule has 0 saturated heterocycles. The number of carbonyl (C=O) groups excluding carboxylic acids is 1. The van der Waals surface area contributed by atoms with Crippen LogP contribution in [-0.4, -0.2) is 11.1 Å². The molecule has 0 atom stereocenters. The third kappa shape index (κ3) is 3.73. The number of esters is 1. The highest BCUT2D eigenvalue weighted by atomic mass is 79.9. The highest BCUT2D eigenvalue weighted by Crippen LogP contribution is 2.31. The first kappa shape index (κ1) is 15.3. The van der Waals surface area contributed by atoms with Gasteiger partial charge in [-0.3, -0.25) is 0 Å². The minimum Gasteiger partial charge on any atom is -0.506 e. The summed E-state index contributed by atoms with van der Waals surface area (Å²) in [5, 5.41) is 10.0. The Morgan fingerprint density at radius 3 is 2.62 bits per heavy atom. The summed E-state index contributed by atoms with van der Waals surface area (Å²) in [7, 11) is 0. The van der Waals surface area contributed by atoms with Crippen LogP contribution in [0.25, 0.3) is 0 Å². The van der Waals surface area contributed by atoms with Crippen molar-refractivity contribution in [3.05, 3.63) is 76.3 Å². The summed E-state index contributed by atoms with van der Waals surface area (Å²) in [6.07, 6.45) is 2.02. The molecule has 0 aliphatic heterocycles. The molecule has 2 aromatic carbocycles. The zero-order valence-corrected chi connectivity index (χ0v) is 13.0. The number of carbonyl (C=O) groups is 1. The summed E-state index contributed by atoms with van der Waals surface area (Å²) in [5.74, 6) is -0.414. The Balaban J connectivity index is 2.19. The number of halogens is 1. The average molecular weight is 347 g/mol. The predicted octanol–water partition coefficient (Wildman–Crippen LogP) is 4.24. The number of allylic oxidation sites excluding steroid dienone is 1. The lowest BCUT2D eigenvalue weighted by Gasteiger charge is -2.11. The molecule has 21 heavy (non-hydrogen) atoms. The standard InChI is InChI=1S/C17H15BrO3/c1-2-6-13-14(9-10-15(18)16(13)19)17(20)21-11-12-7-4-3-5-8-12/h2-5,7-10,19H,1,6,11H2. The molecule has 0 saturated carbocycles. The topological polar surface area (TPSA) is 46.5 Å². The quantitative estimate of drug-likeness (QED) is 0.650. The van der Waals surface area contributed by atoms with E-state index in [4.69, 9.17) is 4.74 Å². The normalized spacial score (nSPS) is 10.1. The number of aromatic hydroxyl groups is 1. The molecule has 0 spiro atoms. The van der Waals surface area contributed by atoms with E-state index in [1.807, 2.05) is 30.3 Å². The van der Waals surface area contributed by atoms with Crippen LogP contribution in [0.15, 0.2) is 59.6 Å². The molecular formula is C17H15BrO3. The van der Waals surface area contributed by atoms with E-state index in [9.17, 15) is 9.90 Å². The summed E-state index contributed by atoms with van der Waals surface area (Å²) < 4.78 is 5.84. The summed E-state index contributed by atoms with van der Waals surface area (Å²) in [4.78, 5) is 12.2. The fraction of sp³-hybridized carbons (Fsp3) is 0.118. The third-order valence-corrected chi connectivity index (χ3v) is 3.65. The van der Waals surface area contributed by atoms with Gasteiger partial charge >= 0.3 is 5.97 Å². The van der Waals surface area contributed by atoms with Gasteiger partial charge in [0, 0.05) is 5.56 Å². The van der Waals surface area contributed by atoms with Crippen molar-refractivity contribution in [3.8, 4) is 5.75 Å². The number of hydrogen-bond acceptors (Lipinski definition) is 3. The fourth-order valence-electron chi connectivity index (χ4n) is 1.95. The third-order valence-electron chi connectivity index (χ3n) is 3.01. The van der Waals surface area contributed by atoms with Crippen molar-refractivity contribution in [2.24, 2.45) is 0 Å². The van der Waals surface area contributed by atoms with Crippen molar-refractivity contribution in [2.75, 3.05) is 0 Å². The van der Waals surface area contributed by atoms with E-state index >= 15 is 0 Å². The lowest BCUT2D eigenvalue weighted by atomic mass is 10.0. The van der Waals surface area contributed by atoms with Crippen LogP contribution in [0, 0.1) is 0 Å². The van der Waals surface area contributed by atoms with Gasteiger partial charge < -0.3 is 9.84 Å². The first-order valence-electron chi connectivity index (χ1n) is 6.45. The van der Waals surface area contributed by atoms with Crippen molar-refractivity contribution < 1.29 is 14.6 Å². The molecule has 2 aromatic rings. The van der Waals surface area contributed by atoms with Crippen LogP contribution in [0.5, 0.6) is 5.75 Å². The van der Waals surface area contributed by atoms with Gasteiger partial charge in [0.05, 0.1) is 10.0 Å². The zero-order valence-electron chi connectivity index (χ0n) is 11.4. The number of phenols is 1. The van der Waals surface area contributed by atoms with Crippen LogP contribution >= 0.6 is 15.9 Å². The Kier molecular flexibility index (Phi) is 5.17. The summed E-state index contributed by atoms with van der Waals surface area (Å²) in [6.45, 7) is 3.84. The minimum atomic E-state index is -0.460. The van der Waals surface area contributed by atoms with Gasteiger partial charge in [0.1, 0.15) is 12.4 Å². The molecule has 0 aliphatic carbocycles. The molecule has 0 amide bonds. The molecule has 108 valence electrons. The number of rotatable bonds is 5. The molecule has 0 bridgehead atoms. The lowest BCUT2D eigenvalue weighted by molar-refractivity contribution is 0.0471. The number of phenolic OH excluding ortho intramolecular Hbond substituents is 1. The number of hydrogen-bond donors (Lipinski definition) is 1. The molecular weight excluding hydrogens is 332 g/mol. The Labute approximate surface area is 132 Å². The van der Waals surface area contributed by atoms with Gasteiger partial charge in [-0.25, -0.2) is 4.79 Å². The van der Waals surface area contributed by atoms with Crippen LogP contribution in [0.3, 0.4) is 0 Å². The Morgan fingerprint density at radius 2 is 1.95 bits per heavy atom. The van der Waals surface area contributed by atoms with Gasteiger partial charge in [0.25, 0.3) is 0 Å². The van der Waals surface area contributed by atoms with Crippen LogP contribution in [-0.2, 0) is 17.8 Å². The second-order valence-corrected chi connectivity index (χ2v) is 5.33. The second kappa shape index (κ2) is 7.09. The number of benzene rings is 2. The Morgan fingerprint density at radius 1 is 1.24 bits per heavy atom. The smallest absolute Gasteiger partial charge is 0.338 e. The van der Waals surface area contributed by atoms with E-state index in [1.165, 1.54) is 0 Å². The van der Waals surface area contributed by atoms with Crippen LogP contribution < -0.4 is 0 Å². The fourth-order valence-corrected chi connectivity index (χ4v) is 2.32. The highest BCUT2D eigenvalue weighted by molar-refractivity contribution is 9.10. The molecule has 3 nitrogen and oxygen atoms in total. The van der Waals surface area contributed by atoms with E-state index in [-0.39, 0.29) is 12.4 Å².